The predicted octanol–water partition coefficient (Wildman–Crippen LogP) is 3.34. The van der Waals surface area contributed by atoms with Gasteiger partial charge in [0.05, 0.1) is 6.61 Å². The Morgan fingerprint density at radius 3 is 2.43 bits per heavy atom. The molecule has 0 aliphatic heterocycles. The van der Waals surface area contributed by atoms with Gasteiger partial charge in [0.1, 0.15) is 5.75 Å². The lowest BCUT2D eigenvalue weighted by molar-refractivity contribution is -0.131. The molecule has 0 saturated carbocycles. The van der Waals surface area contributed by atoms with Crippen LogP contribution < -0.4 is 4.74 Å². The van der Waals surface area contributed by atoms with Gasteiger partial charge in [-0.15, -0.1) is 0 Å². The van der Waals surface area contributed by atoms with Crippen LogP contribution in [0.25, 0.3) is 6.08 Å². The van der Waals surface area contributed by atoms with Crippen molar-refractivity contribution in [2.24, 2.45) is 0 Å². The summed E-state index contributed by atoms with van der Waals surface area (Å²) in [4.78, 5) is 10.4. The average molecular weight is 284 g/mol. The van der Waals surface area contributed by atoms with Gasteiger partial charge in [-0.25, -0.2) is 4.79 Å². The summed E-state index contributed by atoms with van der Waals surface area (Å²) < 4.78 is 10.9. The number of carboxylic acids is 1. The first-order valence-electron chi connectivity index (χ1n) is 6.49. The largest absolute Gasteiger partial charge is 0.478 e. The molecule has 2 rings (SSSR count). The lowest BCUT2D eigenvalue weighted by atomic mass is 10.2. The molecule has 0 heterocycles. The van der Waals surface area contributed by atoms with E-state index in [1.165, 1.54) is 6.08 Å². The third kappa shape index (κ3) is 5.50. The lowest BCUT2D eigenvalue weighted by Gasteiger charge is -2.07. The lowest BCUT2D eigenvalue weighted by Crippen LogP contribution is -2.02. The van der Waals surface area contributed by atoms with Gasteiger partial charge < -0.3 is 14.6 Å². The normalized spacial score (nSPS) is 10.7. The van der Waals surface area contributed by atoms with Crippen molar-refractivity contribution in [2.75, 3.05) is 6.79 Å². The van der Waals surface area contributed by atoms with Crippen LogP contribution in [0.4, 0.5) is 0 Å². The highest BCUT2D eigenvalue weighted by Gasteiger charge is 1.96. The number of hydrogen-bond acceptors (Lipinski definition) is 3. The zero-order valence-corrected chi connectivity index (χ0v) is 11.4. The maximum absolute atomic E-state index is 10.4. The molecule has 4 heteroatoms. The first-order valence-corrected chi connectivity index (χ1v) is 6.49. The van der Waals surface area contributed by atoms with E-state index in [-0.39, 0.29) is 6.79 Å². The minimum atomic E-state index is -0.968. The van der Waals surface area contributed by atoms with Crippen LogP contribution in [0.2, 0.25) is 0 Å². The van der Waals surface area contributed by atoms with Crippen molar-refractivity contribution in [3.63, 3.8) is 0 Å². The van der Waals surface area contributed by atoms with Crippen molar-refractivity contribution in [1.29, 1.82) is 0 Å². The monoisotopic (exact) mass is 284 g/mol. The first-order chi connectivity index (χ1) is 10.2. The number of ether oxygens (including phenoxy) is 2. The summed E-state index contributed by atoms with van der Waals surface area (Å²) >= 11 is 0. The van der Waals surface area contributed by atoms with Gasteiger partial charge in [-0.3, -0.25) is 0 Å². The van der Waals surface area contributed by atoms with E-state index in [0.717, 1.165) is 17.2 Å². The molecular weight excluding hydrogens is 268 g/mol. The van der Waals surface area contributed by atoms with Crippen molar-refractivity contribution in [3.05, 3.63) is 71.8 Å². The zero-order chi connectivity index (χ0) is 14.9. The van der Waals surface area contributed by atoms with Gasteiger partial charge in [0.15, 0.2) is 6.79 Å². The number of carboxylic acid groups (broad SMARTS) is 1. The van der Waals surface area contributed by atoms with E-state index in [1.807, 2.05) is 30.3 Å². The Bertz CT molecular complexity index is 588. The Labute approximate surface area is 123 Å². The molecule has 0 amide bonds. The van der Waals surface area contributed by atoms with E-state index in [0.29, 0.717) is 12.4 Å². The third-order valence-corrected chi connectivity index (χ3v) is 2.72. The van der Waals surface area contributed by atoms with Crippen molar-refractivity contribution in [1.82, 2.24) is 0 Å². The molecule has 0 unspecified atom stereocenters. The summed E-state index contributed by atoms with van der Waals surface area (Å²) in [5, 5.41) is 8.54. The Morgan fingerprint density at radius 1 is 1.05 bits per heavy atom. The van der Waals surface area contributed by atoms with Gasteiger partial charge in [-0.2, -0.15) is 0 Å². The van der Waals surface area contributed by atoms with Crippen LogP contribution in [0.15, 0.2) is 60.7 Å². The standard InChI is InChI=1S/C17H16O4/c18-17(19)11-8-14-6-9-16(10-7-14)21-13-20-12-15-4-2-1-3-5-15/h1-11H,12-13H2,(H,18,19)/b11-8+. The van der Waals surface area contributed by atoms with Crippen LogP contribution >= 0.6 is 0 Å². The second-order valence-corrected chi connectivity index (χ2v) is 4.34. The molecule has 0 spiro atoms. The van der Waals surface area contributed by atoms with Crippen LogP contribution in [-0.2, 0) is 16.1 Å². The van der Waals surface area contributed by atoms with E-state index in [1.54, 1.807) is 24.3 Å². The molecule has 0 aliphatic carbocycles. The molecule has 0 aromatic heterocycles. The quantitative estimate of drug-likeness (QED) is 0.481. The van der Waals surface area contributed by atoms with Gasteiger partial charge in [-0.1, -0.05) is 42.5 Å². The van der Waals surface area contributed by atoms with Crippen LogP contribution in [0.1, 0.15) is 11.1 Å². The van der Waals surface area contributed by atoms with Crippen molar-refractivity contribution in [2.45, 2.75) is 6.61 Å². The highest BCUT2D eigenvalue weighted by atomic mass is 16.7. The number of carbonyl (C=O) groups is 1. The van der Waals surface area contributed by atoms with E-state index < -0.39 is 5.97 Å². The first kappa shape index (κ1) is 14.8. The Kier molecular flexibility index (Phi) is 5.55. The van der Waals surface area contributed by atoms with Crippen LogP contribution in [0.3, 0.4) is 0 Å². The SMILES string of the molecule is O=C(O)/C=C/c1ccc(OCOCc2ccccc2)cc1. The van der Waals surface area contributed by atoms with Gasteiger partial charge in [-0.05, 0) is 29.3 Å². The fourth-order valence-electron chi connectivity index (χ4n) is 1.69. The molecule has 0 saturated heterocycles. The minimum Gasteiger partial charge on any atom is -0.478 e. The summed E-state index contributed by atoms with van der Waals surface area (Å²) in [6.07, 6.45) is 2.62. The number of hydrogen-bond donors (Lipinski definition) is 1. The molecule has 0 atom stereocenters. The Balaban J connectivity index is 1.75. The summed E-state index contributed by atoms with van der Waals surface area (Å²) in [7, 11) is 0. The highest BCUT2D eigenvalue weighted by molar-refractivity contribution is 5.85. The molecule has 1 N–H and O–H groups in total. The average Bonchev–Trinajstić information content (AvgIpc) is 2.52. The van der Waals surface area contributed by atoms with Crippen molar-refractivity contribution in [3.8, 4) is 5.75 Å². The molecule has 2 aromatic carbocycles. The summed E-state index contributed by atoms with van der Waals surface area (Å²) in [6.45, 7) is 0.666. The summed E-state index contributed by atoms with van der Waals surface area (Å²) in [6, 6.07) is 17.0. The van der Waals surface area contributed by atoms with E-state index >= 15 is 0 Å². The Hall–Kier alpha value is -2.59. The molecule has 2 aromatic rings. The Morgan fingerprint density at radius 2 is 1.76 bits per heavy atom. The van der Waals surface area contributed by atoms with E-state index in [2.05, 4.69) is 0 Å². The second kappa shape index (κ2) is 7.87. The van der Waals surface area contributed by atoms with Gasteiger partial charge in [0, 0.05) is 6.08 Å². The fraction of sp³-hybridized carbons (Fsp3) is 0.118. The maximum Gasteiger partial charge on any atom is 0.328 e. The van der Waals surface area contributed by atoms with Gasteiger partial charge >= 0.3 is 5.97 Å². The van der Waals surface area contributed by atoms with Gasteiger partial charge in [0.2, 0.25) is 0 Å². The maximum atomic E-state index is 10.4. The van der Waals surface area contributed by atoms with Crippen LogP contribution in [0, 0.1) is 0 Å². The molecule has 0 aliphatic rings. The molecule has 21 heavy (non-hydrogen) atoms. The molecule has 0 fully saturated rings. The molecular formula is C17H16O4. The number of aliphatic carboxylic acids is 1. The number of benzene rings is 2. The van der Waals surface area contributed by atoms with Gasteiger partial charge in [0.25, 0.3) is 0 Å². The topological polar surface area (TPSA) is 55.8 Å². The van der Waals surface area contributed by atoms with Crippen molar-refractivity contribution < 1.29 is 19.4 Å². The third-order valence-electron chi connectivity index (χ3n) is 2.72. The fourth-order valence-corrected chi connectivity index (χ4v) is 1.69. The number of rotatable bonds is 7. The zero-order valence-electron chi connectivity index (χ0n) is 11.4. The molecule has 0 radical (unpaired) electrons. The van der Waals surface area contributed by atoms with Crippen LogP contribution in [0.5, 0.6) is 5.75 Å². The minimum absolute atomic E-state index is 0.166. The second-order valence-electron chi connectivity index (χ2n) is 4.34. The predicted molar refractivity (Wildman–Crippen MR) is 79.8 cm³/mol. The smallest absolute Gasteiger partial charge is 0.328 e. The van der Waals surface area contributed by atoms with Crippen LogP contribution in [-0.4, -0.2) is 17.9 Å². The summed E-state index contributed by atoms with van der Waals surface area (Å²) in [5.41, 5.74) is 1.89. The molecule has 108 valence electrons. The molecule has 0 bridgehead atoms. The van der Waals surface area contributed by atoms with E-state index in [9.17, 15) is 4.79 Å². The highest BCUT2D eigenvalue weighted by Crippen LogP contribution is 2.13. The van der Waals surface area contributed by atoms with Crippen molar-refractivity contribution >= 4 is 12.0 Å². The van der Waals surface area contributed by atoms with E-state index in [4.69, 9.17) is 14.6 Å². The molecule has 4 nitrogen and oxygen atoms in total. The summed E-state index contributed by atoms with van der Waals surface area (Å²) in [5.74, 6) is -0.292.